The Labute approximate surface area is 334 Å². The highest BCUT2D eigenvalue weighted by Gasteiger charge is 2.19. The summed E-state index contributed by atoms with van der Waals surface area (Å²) in [5, 5.41) is 7.71. The third kappa shape index (κ3) is 8.74. The van der Waals surface area contributed by atoms with E-state index in [0.29, 0.717) is 39.1 Å². The van der Waals surface area contributed by atoms with E-state index in [2.05, 4.69) is 30.6 Å². The number of hydrogen-bond donors (Lipinski definition) is 2. The van der Waals surface area contributed by atoms with Crippen LogP contribution in [0.25, 0.3) is 41.3 Å². The second-order valence-electron chi connectivity index (χ2n) is 11.9. The van der Waals surface area contributed by atoms with Crippen LogP contribution in [0.1, 0.15) is 23.4 Å². The van der Waals surface area contributed by atoms with Crippen LogP contribution in [0.15, 0.2) is 97.1 Å². The van der Waals surface area contributed by atoms with E-state index in [0.717, 1.165) is 31.1 Å². The number of nitrogens with one attached hydrogen (secondary N) is 2. The first-order chi connectivity index (χ1) is 26.9. The number of carbonyl (C=O) groups is 1. The Morgan fingerprint density at radius 3 is 1.57 bits per heavy atom. The van der Waals surface area contributed by atoms with Crippen molar-refractivity contribution in [2.24, 2.45) is 0 Å². The standard InChI is InChI=1S/C21H14ClF2N3O2S.C19H12ClF2N3S/c1-2-29-21(28)19-26-18(25-13-7-8-16(24)15(22)9-13)14-10-17(30-20(14)27-19)11-3-5-12(23)6-4-11;1-10-23-18(25-13-6-7-16(22)15(20)8-13)14-9-17(26-19(14)24-10)11-2-4-12(21)5-3-11/h3-10H,2H2,1H3,(H,25,26,27);2-9H,1H3,(H,23,24,25). The quantitative estimate of drug-likeness (QED) is 0.115. The molecule has 0 radical (unpaired) electrons. The summed E-state index contributed by atoms with van der Waals surface area (Å²) in [6.45, 7) is 3.68. The number of fused-ring (bicyclic) bond motifs is 2. The number of benzene rings is 4. The van der Waals surface area contributed by atoms with Crippen molar-refractivity contribution in [2.45, 2.75) is 13.8 Å². The van der Waals surface area contributed by atoms with Crippen LogP contribution in [0, 0.1) is 30.2 Å². The Bertz CT molecular complexity index is 2730. The minimum Gasteiger partial charge on any atom is -0.460 e. The molecule has 0 unspecified atom stereocenters. The molecule has 4 aromatic heterocycles. The van der Waals surface area contributed by atoms with Crippen molar-refractivity contribution in [1.29, 1.82) is 0 Å². The molecule has 0 aliphatic rings. The van der Waals surface area contributed by atoms with Crippen LogP contribution in [0.2, 0.25) is 10.0 Å². The van der Waals surface area contributed by atoms with Crippen molar-refractivity contribution in [3.8, 4) is 20.9 Å². The zero-order chi connectivity index (χ0) is 39.5. The minimum absolute atomic E-state index is 0.0364. The lowest BCUT2D eigenvalue weighted by molar-refractivity contribution is 0.0512. The molecule has 8 nitrogen and oxygen atoms in total. The summed E-state index contributed by atoms with van der Waals surface area (Å²) in [6, 6.07) is 24.7. The fourth-order valence-corrected chi connectivity index (χ4v) is 7.84. The normalized spacial score (nSPS) is 11.0. The van der Waals surface area contributed by atoms with Gasteiger partial charge in [-0.2, -0.15) is 0 Å². The van der Waals surface area contributed by atoms with Crippen molar-refractivity contribution in [3.63, 3.8) is 0 Å². The fourth-order valence-electron chi connectivity index (χ4n) is 5.36. The number of aromatic nitrogens is 4. The molecule has 8 aromatic rings. The maximum atomic E-state index is 13.5. The first-order valence-electron chi connectivity index (χ1n) is 16.7. The van der Waals surface area contributed by atoms with E-state index in [-0.39, 0.29) is 34.1 Å². The lowest BCUT2D eigenvalue weighted by Crippen LogP contribution is -2.11. The molecule has 0 saturated heterocycles. The molecule has 2 N–H and O–H groups in total. The van der Waals surface area contributed by atoms with Gasteiger partial charge in [0, 0.05) is 21.1 Å². The number of nitrogens with zero attached hydrogens (tertiary/aromatic N) is 4. The van der Waals surface area contributed by atoms with Crippen molar-refractivity contribution in [3.05, 3.63) is 142 Å². The van der Waals surface area contributed by atoms with E-state index in [4.69, 9.17) is 27.9 Å². The highest BCUT2D eigenvalue weighted by molar-refractivity contribution is 7.22. The number of hydrogen-bond acceptors (Lipinski definition) is 10. The molecule has 8 rings (SSSR count). The van der Waals surface area contributed by atoms with Crippen molar-refractivity contribution >= 4 is 95.3 Å². The average molecular weight is 834 g/mol. The molecule has 56 heavy (non-hydrogen) atoms. The van der Waals surface area contributed by atoms with Crippen LogP contribution in [0.5, 0.6) is 0 Å². The summed E-state index contributed by atoms with van der Waals surface area (Å²) >= 11 is 14.5. The van der Waals surface area contributed by atoms with Gasteiger partial charge in [0.15, 0.2) is 0 Å². The largest absolute Gasteiger partial charge is 0.460 e. The molecule has 4 heterocycles. The highest BCUT2D eigenvalue weighted by Crippen LogP contribution is 2.38. The van der Waals surface area contributed by atoms with Crippen LogP contribution >= 0.6 is 45.9 Å². The second kappa shape index (κ2) is 16.6. The maximum Gasteiger partial charge on any atom is 0.376 e. The molecular formula is C40H26Cl2F4N6O2S2. The predicted molar refractivity (Wildman–Crippen MR) is 216 cm³/mol. The van der Waals surface area contributed by atoms with E-state index in [1.807, 2.05) is 12.1 Å². The first-order valence-corrected chi connectivity index (χ1v) is 19.1. The number of aryl methyl sites for hydroxylation is 1. The summed E-state index contributed by atoms with van der Waals surface area (Å²) in [6.07, 6.45) is 0. The smallest absolute Gasteiger partial charge is 0.376 e. The van der Waals surface area contributed by atoms with E-state index in [1.54, 1.807) is 44.2 Å². The Morgan fingerprint density at radius 2 is 1.11 bits per heavy atom. The summed E-state index contributed by atoms with van der Waals surface area (Å²) < 4.78 is 58.3. The van der Waals surface area contributed by atoms with Gasteiger partial charge in [0.05, 0.1) is 27.4 Å². The van der Waals surface area contributed by atoms with Gasteiger partial charge >= 0.3 is 5.97 Å². The van der Waals surface area contributed by atoms with Gasteiger partial charge in [0.1, 0.15) is 50.4 Å². The molecule has 0 fully saturated rings. The topological polar surface area (TPSA) is 102 Å². The second-order valence-corrected chi connectivity index (χ2v) is 14.8. The molecule has 0 saturated carbocycles. The van der Waals surface area contributed by atoms with Crippen LogP contribution in [-0.2, 0) is 4.74 Å². The number of anilines is 4. The molecule has 16 heteroatoms. The zero-order valence-corrected chi connectivity index (χ0v) is 32.3. The van der Waals surface area contributed by atoms with Crippen molar-refractivity contribution in [2.75, 3.05) is 17.2 Å². The minimum atomic E-state index is -0.656. The van der Waals surface area contributed by atoms with Crippen LogP contribution < -0.4 is 10.6 Å². The van der Waals surface area contributed by atoms with Gasteiger partial charge in [0.2, 0.25) is 5.82 Å². The third-order valence-corrected chi connectivity index (χ3v) is 10.7. The first kappa shape index (κ1) is 38.6. The Morgan fingerprint density at radius 1 is 0.643 bits per heavy atom. The maximum absolute atomic E-state index is 13.5. The monoisotopic (exact) mass is 832 g/mol. The summed E-state index contributed by atoms with van der Waals surface area (Å²) in [5.74, 6) is -0.827. The Balaban J connectivity index is 0.000000173. The number of esters is 1. The van der Waals surface area contributed by atoms with Crippen molar-refractivity contribution in [1.82, 2.24) is 19.9 Å². The molecule has 4 aromatic carbocycles. The molecule has 0 amide bonds. The summed E-state index contributed by atoms with van der Waals surface area (Å²) in [4.78, 5) is 32.9. The van der Waals surface area contributed by atoms with Gasteiger partial charge < -0.3 is 15.4 Å². The Kier molecular flexibility index (Phi) is 11.4. The van der Waals surface area contributed by atoms with Crippen LogP contribution in [0.4, 0.5) is 40.6 Å². The highest BCUT2D eigenvalue weighted by atomic mass is 35.5. The number of rotatable bonds is 8. The lowest BCUT2D eigenvalue weighted by Gasteiger charge is -2.09. The van der Waals surface area contributed by atoms with Crippen LogP contribution in [0.3, 0.4) is 0 Å². The van der Waals surface area contributed by atoms with E-state index >= 15 is 0 Å². The molecule has 282 valence electrons. The lowest BCUT2D eigenvalue weighted by atomic mass is 10.2. The number of thiophene rings is 2. The molecule has 0 bridgehead atoms. The fraction of sp³-hybridized carbons (Fsp3) is 0.0750. The zero-order valence-electron chi connectivity index (χ0n) is 29.1. The van der Waals surface area contributed by atoms with Crippen LogP contribution in [-0.4, -0.2) is 32.5 Å². The summed E-state index contributed by atoms with van der Waals surface area (Å²) in [5.41, 5.74) is 2.83. The Hall–Kier alpha value is -5.67. The van der Waals surface area contributed by atoms with E-state index < -0.39 is 17.6 Å². The molecule has 0 aliphatic carbocycles. The number of carbonyl (C=O) groups excluding carboxylic acids is 1. The van der Waals surface area contributed by atoms with Gasteiger partial charge in [-0.25, -0.2) is 42.3 Å². The number of ether oxygens (including phenoxy) is 1. The molecular weight excluding hydrogens is 808 g/mol. The molecule has 0 atom stereocenters. The SMILES string of the molecule is CCOC(=O)c1nc(Nc2ccc(F)c(Cl)c2)c2cc(-c3ccc(F)cc3)sc2n1.Cc1nc(Nc2ccc(F)c(Cl)c2)c2cc(-c3ccc(F)cc3)sc2n1. The average Bonchev–Trinajstić information content (AvgIpc) is 3.81. The van der Waals surface area contributed by atoms with Gasteiger partial charge in [-0.05, 0) is 97.8 Å². The van der Waals surface area contributed by atoms with Gasteiger partial charge in [0.25, 0.3) is 0 Å². The molecule has 0 aliphatic heterocycles. The molecule has 0 spiro atoms. The van der Waals surface area contributed by atoms with E-state index in [9.17, 15) is 22.4 Å². The van der Waals surface area contributed by atoms with Crippen molar-refractivity contribution < 1.29 is 27.1 Å². The van der Waals surface area contributed by atoms with E-state index in [1.165, 1.54) is 77.3 Å². The van der Waals surface area contributed by atoms with Gasteiger partial charge in [-0.3, -0.25) is 0 Å². The predicted octanol–water partition coefficient (Wildman–Crippen LogP) is 12.6. The summed E-state index contributed by atoms with van der Waals surface area (Å²) in [7, 11) is 0. The van der Waals surface area contributed by atoms with Gasteiger partial charge in [-0.1, -0.05) is 47.5 Å². The van der Waals surface area contributed by atoms with Gasteiger partial charge in [-0.15, -0.1) is 22.7 Å². The number of halogens is 6. The third-order valence-electron chi connectivity index (χ3n) is 7.98.